The Bertz CT molecular complexity index is 1680. The number of benzene rings is 3. The first-order valence-electron chi connectivity index (χ1n) is 17.3. The normalized spacial score (nSPS) is 18.7. The fourth-order valence-corrected chi connectivity index (χ4v) is 7.57. The maximum Gasteiger partial charge on any atom is 0.264 e. The molecule has 0 bridgehead atoms. The van der Waals surface area contributed by atoms with E-state index in [1.807, 2.05) is 52.3 Å². The van der Waals surface area contributed by atoms with Crippen LogP contribution in [-0.2, 0) is 22.6 Å². The molecule has 1 saturated heterocycles. The highest BCUT2D eigenvalue weighted by molar-refractivity contribution is 5.87. The van der Waals surface area contributed by atoms with Crippen LogP contribution in [-0.4, -0.2) is 63.9 Å². The summed E-state index contributed by atoms with van der Waals surface area (Å²) in [6.45, 7) is 2.56. The van der Waals surface area contributed by atoms with Crippen LogP contribution in [0, 0.1) is 5.92 Å². The lowest BCUT2D eigenvalue weighted by Crippen LogP contribution is -2.50. The number of amides is 2. The van der Waals surface area contributed by atoms with Gasteiger partial charge in [-0.15, -0.1) is 0 Å². The van der Waals surface area contributed by atoms with E-state index in [1.54, 1.807) is 12.5 Å². The Morgan fingerprint density at radius 3 is 2.60 bits per heavy atom. The summed E-state index contributed by atoms with van der Waals surface area (Å²) in [5.41, 5.74) is 4.23. The van der Waals surface area contributed by atoms with Crippen LogP contribution < -0.4 is 9.47 Å². The van der Waals surface area contributed by atoms with E-state index in [0.717, 1.165) is 67.2 Å². The van der Waals surface area contributed by atoms with Gasteiger partial charge in [0.1, 0.15) is 24.4 Å². The number of nitrogens with zero attached hydrogens (tertiary/aromatic N) is 4. The molecule has 0 spiro atoms. The molecule has 4 aromatic rings. The van der Waals surface area contributed by atoms with Gasteiger partial charge in [-0.25, -0.2) is 9.97 Å². The molecule has 2 fully saturated rings. The second kappa shape index (κ2) is 14.5. The highest BCUT2D eigenvalue weighted by atomic mass is 16.5. The summed E-state index contributed by atoms with van der Waals surface area (Å²) in [6, 6.07) is 22.5. The molecule has 244 valence electrons. The SMILES string of the molecule is O=C(CN(C[C@@H](c1ccccc1)C1CCCCC1)C(=O)[C@H]1CCc2ccc(OCc3ccc4ncncc4c3)cc2O1)N1CCCC1. The molecule has 2 amide bonds. The lowest BCUT2D eigenvalue weighted by atomic mass is 9.76. The Hall–Kier alpha value is -4.46. The predicted molar refractivity (Wildman–Crippen MR) is 181 cm³/mol. The van der Waals surface area contributed by atoms with Gasteiger partial charge in [-0.1, -0.05) is 61.7 Å². The number of carbonyl (C=O) groups is 2. The zero-order valence-electron chi connectivity index (χ0n) is 27.1. The summed E-state index contributed by atoms with van der Waals surface area (Å²) >= 11 is 0. The van der Waals surface area contributed by atoms with Crippen LogP contribution in [0.2, 0.25) is 0 Å². The van der Waals surface area contributed by atoms with Crippen molar-refractivity contribution in [3.63, 3.8) is 0 Å². The van der Waals surface area contributed by atoms with Gasteiger partial charge in [0.2, 0.25) is 5.91 Å². The van der Waals surface area contributed by atoms with Gasteiger partial charge in [-0.2, -0.15) is 0 Å². The number of aromatic nitrogens is 2. The molecule has 8 nitrogen and oxygen atoms in total. The Morgan fingerprint density at radius 2 is 1.77 bits per heavy atom. The molecule has 0 N–H and O–H groups in total. The second-order valence-corrected chi connectivity index (χ2v) is 13.3. The van der Waals surface area contributed by atoms with E-state index in [4.69, 9.17) is 9.47 Å². The van der Waals surface area contributed by atoms with E-state index in [1.165, 1.54) is 24.8 Å². The van der Waals surface area contributed by atoms with Gasteiger partial charge in [0.05, 0.1) is 12.1 Å². The summed E-state index contributed by atoms with van der Waals surface area (Å²) in [5, 5.41) is 0.967. The Morgan fingerprint density at radius 1 is 0.936 bits per heavy atom. The minimum atomic E-state index is -0.646. The molecule has 2 aliphatic heterocycles. The lowest BCUT2D eigenvalue weighted by Gasteiger charge is -2.37. The average Bonchev–Trinajstić information content (AvgIpc) is 3.68. The number of carbonyl (C=O) groups excluding carboxylic acids is 2. The lowest BCUT2D eigenvalue weighted by molar-refractivity contribution is -0.145. The first-order chi connectivity index (χ1) is 23.1. The number of aryl methyl sites for hydroxylation is 1. The summed E-state index contributed by atoms with van der Waals surface area (Å²) in [6.07, 6.45) is 12.1. The van der Waals surface area contributed by atoms with Crippen LogP contribution in [0.4, 0.5) is 0 Å². The Labute approximate surface area is 277 Å². The van der Waals surface area contributed by atoms with Gasteiger partial charge in [-0.05, 0) is 79.3 Å². The van der Waals surface area contributed by atoms with E-state index >= 15 is 0 Å². The van der Waals surface area contributed by atoms with Crippen molar-refractivity contribution in [2.45, 2.75) is 76.4 Å². The molecular formula is C39H44N4O4. The Kier molecular flexibility index (Phi) is 9.63. The molecule has 3 aromatic carbocycles. The van der Waals surface area contributed by atoms with Crippen molar-refractivity contribution in [1.29, 1.82) is 0 Å². The molecule has 2 atom stereocenters. The van der Waals surface area contributed by atoms with Crippen molar-refractivity contribution in [3.05, 3.63) is 95.9 Å². The van der Waals surface area contributed by atoms with Crippen LogP contribution in [0.1, 0.15) is 74.0 Å². The molecule has 7 rings (SSSR count). The zero-order chi connectivity index (χ0) is 32.0. The Balaban J connectivity index is 1.08. The standard InChI is InChI=1S/C39H44N4O4/c44-38(42-19-7-8-20-42)25-43(24-34(29-9-3-1-4-10-29)30-11-5-2-6-12-30)39(45)36-18-15-31-14-16-33(22-37(31)47-36)46-26-28-13-17-35-32(21-28)23-40-27-41-35/h1,3-4,9-10,13-14,16-17,21-23,27,30,34,36H,2,5-8,11-12,15,18-20,24-26H2/t34-,36+/m0/s1. The molecule has 3 heterocycles. The molecule has 1 aliphatic carbocycles. The minimum absolute atomic E-state index is 0.0402. The summed E-state index contributed by atoms with van der Waals surface area (Å²) in [7, 11) is 0. The van der Waals surface area contributed by atoms with E-state index in [-0.39, 0.29) is 24.3 Å². The maximum absolute atomic E-state index is 14.4. The second-order valence-electron chi connectivity index (χ2n) is 13.3. The van der Waals surface area contributed by atoms with Gasteiger partial charge in [-0.3, -0.25) is 9.59 Å². The first kappa shape index (κ1) is 31.2. The number of likely N-dealkylation sites (tertiary alicyclic amines) is 1. The number of hydrogen-bond acceptors (Lipinski definition) is 6. The number of fused-ring (bicyclic) bond motifs is 2. The number of hydrogen-bond donors (Lipinski definition) is 0. The van der Waals surface area contributed by atoms with Crippen molar-refractivity contribution in [2.75, 3.05) is 26.2 Å². The third-order valence-corrected chi connectivity index (χ3v) is 10.2. The monoisotopic (exact) mass is 632 g/mol. The van der Waals surface area contributed by atoms with E-state index in [2.05, 4.69) is 34.2 Å². The first-order valence-corrected chi connectivity index (χ1v) is 17.3. The molecule has 0 radical (unpaired) electrons. The van der Waals surface area contributed by atoms with Gasteiger partial charge < -0.3 is 19.3 Å². The van der Waals surface area contributed by atoms with Crippen LogP contribution in [0.15, 0.2) is 79.3 Å². The average molecular weight is 633 g/mol. The summed E-state index contributed by atoms with van der Waals surface area (Å²) in [5.74, 6) is 1.99. The van der Waals surface area contributed by atoms with Gasteiger partial charge >= 0.3 is 0 Å². The van der Waals surface area contributed by atoms with Crippen LogP contribution in [0.5, 0.6) is 11.5 Å². The smallest absolute Gasteiger partial charge is 0.264 e. The number of ether oxygens (including phenoxy) is 2. The van der Waals surface area contributed by atoms with E-state index in [9.17, 15) is 9.59 Å². The molecule has 47 heavy (non-hydrogen) atoms. The van der Waals surface area contributed by atoms with Crippen LogP contribution >= 0.6 is 0 Å². The van der Waals surface area contributed by atoms with E-state index < -0.39 is 6.10 Å². The van der Waals surface area contributed by atoms with Crippen molar-refractivity contribution in [3.8, 4) is 11.5 Å². The van der Waals surface area contributed by atoms with Crippen molar-refractivity contribution < 1.29 is 19.1 Å². The maximum atomic E-state index is 14.4. The van der Waals surface area contributed by atoms with Gasteiger partial charge in [0.25, 0.3) is 5.91 Å². The molecule has 1 saturated carbocycles. The highest BCUT2D eigenvalue weighted by Gasteiger charge is 2.36. The summed E-state index contributed by atoms with van der Waals surface area (Å²) < 4.78 is 12.6. The van der Waals surface area contributed by atoms with E-state index in [0.29, 0.717) is 37.0 Å². The van der Waals surface area contributed by atoms with Gasteiger partial charge in [0.15, 0.2) is 6.10 Å². The fraction of sp³-hybridized carbons (Fsp3) is 0.436. The quantitative estimate of drug-likeness (QED) is 0.193. The van der Waals surface area contributed by atoms with Crippen molar-refractivity contribution >= 4 is 22.7 Å². The van der Waals surface area contributed by atoms with Gasteiger partial charge in [0, 0.05) is 43.2 Å². The third-order valence-electron chi connectivity index (χ3n) is 10.2. The van der Waals surface area contributed by atoms with Crippen molar-refractivity contribution in [2.24, 2.45) is 5.92 Å². The predicted octanol–water partition coefficient (Wildman–Crippen LogP) is 6.72. The number of rotatable bonds is 10. The third kappa shape index (κ3) is 7.42. The van der Waals surface area contributed by atoms with Crippen LogP contribution in [0.25, 0.3) is 10.9 Å². The topological polar surface area (TPSA) is 84.9 Å². The minimum Gasteiger partial charge on any atom is -0.489 e. The largest absolute Gasteiger partial charge is 0.489 e. The summed E-state index contributed by atoms with van der Waals surface area (Å²) in [4.78, 5) is 40.1. The molecular weight excluding hydrogens is 588 g/mol. The molecule has 8 heteroatoms. The molecule has 3 aliphatic rings. The zero-order valence-corrected chi connectivity index (χ0v) is 27.1. The highest BCUT2D eigenvalue weighted by Crippen LogP contribution is 2.38. The molecule has 0 unspecified atom stereocenters. The molecule has 1 aromatic heterocycles. The van der Waals surface area contributed by atoms with Crippen molar-refractivity contribution in [1.82, 2.24) is 19.8 Å². The van der Waals surface area contributed by atoms with Crippen LogP contribution in [0.3, 0.4) is 0 Å². The fourth-order valence-electron chi connectivity index (χ4n) is 7.57.